The Morgan fingerprint density at radius 3 is 2.80 bits per heavy atom. The second-order valence-corrected chi connectivity index (χ2v) is 5.19. The molecule has 2 aromatic rings. The third-order valence-corrected chi connectivity index (χ3v) is 3.88. The summed E-state index contributed by atoms with van der Waals surface area (Å²) in [4.78, 5) is 29.7. The van der Waals surface area contributed by atoms with E-state index in [4.69, 9.17) is 4.74 Å². The average molecular weight is 275 g/mol. The molecule has 1 N–H and O–H groups in total. The summed E-state index contributed by atoms with van der Waals surface area (Å²) in [7, 11) is 3.51. The highest BCUT2D eigenvalue weighted by Crippen LogP contribution is 2.21. The fraction of sp³-hybridized carbons (Fsp3) is 0.429. The van der Waals surface area contributed by atoms with Crippen molar-refractivity contribution in [2.45, 2.75) is 12.5 Å². The van der Waals surface area contributed by atoms with Crippen LogP contribution >= 0.6 is 0 Å². The summed E-state index contributed by atoms with van der Waals surface area (Å²) in [6.45, 7) is 1.62. The molecule has 0 bridgehead atoms. The van der Waals surface area contributed by atoms with Crippen LogP contribution in [0.1, 0.15) is 12.5 Å². The molecule has 0 saturated carbocycles. The zero-order valence-electron chi connectivity index (χ0n) is 11.5. The number of aromatic amines is 1. The van der Waals surface area contributed by atoms with E-state index in [9.17, 15) is 9.59 Å². The van der Waals surface area contributed by atoms with Gasteiger partial charge in [-0.1, -0.05) is 6.07 Å². The van der Waals surface area contributed by atoms with Gasteiger partial charge < -0.3 is 14.6 Å². The molecule has 6 nitrogen and oxygen atoms in total. The van der Waals surface area contributed by atoms with E-state index in [2.05, 4.69) is 9.88 Å². The molecule has 6 heteroatoms. The van der Waals surface area contributed by atoms with Gasteiger partial charge in [-0.25, -0.2) is 4.79 Å². The highest BCUT2D eigenvalue weighted by molar-refractivity contribution is 5.83. The summed E-state index contributed by atoms with van der Waals surface area (Å²) in [5.41, 5.74) is -0.150. The normalized spacial score (nSPS) is 19.6. The lowest BCUT2D eigenvalue weighted by molar-refractivity contribution is 0.386. The summed E-state index contributed by atoms with van der Waals surface area (Å²) >= 11 is 0. The summed E-state index contributed by atoms with van der Waals surface area (Å²) in [5, 5.41) is 0.485. The smallest absolute Gasteiger partial charge is 0.329 e. The predicted molar refractivity (Wildman–Crippen MR) is 76.5 cm³/mol. The Bertz CT molecular complexity index is 762. The van der Waals surface area contributed by atoms with Gasteiger partial charge in [0, 0.05) is 6.54 Å². The van der Waals surface area contributed by atoms with Crippen LogP contribution in [0.3, 0.4) is 0 Å². The Hall–Kier alpha value is -2.08. The van der Waals surface area contributed by atoms with Crippen molar-refractivity contribution in [3.63, 3.8) is 0 Å². The van der Waals surface area contributed by atoms with Gasteiger partial charge in [0.1, 0.15) is 5.75 Å². The van der Waals surface area contributed by atoms with Crippen molar-refractivity contribution in [2.75, 3.05) is 27.2 Å². The summed E-state index contributed by atoms with van der Waals surface area (Å²) < 4.78 is 6.53. The SMILES string of the molecule is COc1cccc2c(=O)n(C3CCN(C)C3)c(=O)[nH]c12. The van der Waals surface area contributed by atoms with Crippen LogP contribution in [0, 0.1) is 0 Å². The van der Waals surface area contributed by atoms with Gasteiger partial charge in [0.25, 0.3) is 5.56 Å². The van der Waals surface area contributed by atoms with Crippen molar-refractivity contribution in [3.8, 4) is 5.75 Å². The summed E-state index contributed by atoms with van der Waals surface area (Å²) in [5.74, 6) is 0.507. The number of nitrogens with zero attached hydrogens (tertiary/aromatic N) is 2. The van der Waals surface area contributed by atoms with Crippen molar-refractivity contribution in [3.05, 3.63) is 39.0 Å². The molecule has 106 valence electrons. The molecule has 1 saturated heterocycles. The number of likely N-dealkylation sites (tertiary alicyclic amines) is 1. The van der Waals surface area contributed by atoms with Crippen LogP contribution in [-0.4, -0.2) is 41.7 Å². The molecule has 1 atom stereocenters. The molecule has 1 fully saturated rings. The van der Waals surface area contributed by atoms with E-state index in [1.807, 2.05) is 7.05 Å². The van der Waals surface area contributed by atoms with Crippen LogP contribution < -0.4 is 16.0 Å². The number of ether oxygens (including phenoxy) is 1. The first-order chi connectivity index (χ1) is 9.61. The lowest BCUT2D eigenvalue weighted by Crippen LogP contribution is -2.39. The first-order valence-electron chi connectivity index (χ1n) is 6.62. The van der Waals surface area contributed by atoms with Crippen molar-refractivity contribution in [1.29, 1.82) is 0 Å². The minimum absolute atomic E-state index is 0.0631. The Labute approximate surface area is 115 Å². The van der Waals surface area contributed by atoms with E-state index >= 15 is 0 Å². The molecule has 1 unspecified atom stereocenters. The quantitative estimate of drug-likeness (QED) is 0.870. The number of nitrogens with one attached hydrogen (secondary N) is 1. The number of methoxy groups -OCH3 is 1. The third kappa shape index (κ3) is 1.92. The van der Waals surface area contributed by atoms with E-state index < -0.39 is 0 Å². The number of hydrogen-bond donors (Lipinski definition) is 1. The Morgan fingerprint density at radius 2 is 2.15 bits per heavy atom. The van der Waals surface area contributed by atoms with E-state index in [1.54, 1.807) is 18.2 Å². The van der Waals surface area contributed by atoms with Crippen molar-refractivity contribution in [1.82, 2.24) is 14.5 Å². The van der Waals surface area contributed by atoms with Crippen LogP contribution in [0.2, 0.25) is 0 Å². The van der Waals surface area contributed by atoms with E-state index in [-0.39, 0.29) is 17.3 Å². The number of rotatable bonds is 2. The van der Waals surface area contributed by atoms with Crippen molar-refractivity contribution in [2.24, 2.45) is 0 Å². The first kappa shape index (κ1) is 12.9. The summed E-state index contributed by atoms with van der Waals surface area (Å²) in [6, 6.07) is 5.13. The molecule has 0 radical (unpaired) electrons. The number of benzene rings is 1. The van der Waals surface area contributed by atoms with Gasteiger partial charge in [-0.3, -0.25) is 9.36 Å². The van der Waals surface area contributed by atoms with Crippen LogP contribution in [-0.2, 0) is 0 Å². The molecule has 0 amide bonds. The minimum Gasteiger partial charge on any atom is -0.495 e. The van der Waals surface area contributed by atoms with Gasteiger partial charge in [-0.05, 0) is 32.1 Å². The number of likely N-dealkylation sites (N-methyl/N-ethyl adjacent to an activating group) is 1. The average Bonchev–Trinajstić information content (AvgIpc) is 2.84. The largest absolute Gasteiger partial charge is 0.495 e. The fourth-order valence-electron chi connectivity index (χ4n) is 2.85. The molecule has 1 aliphatic rings. The van der Waals surface area contributed by atoms with Crippen LogP contribution in [0.15, 0.2) is 27.8 Å². The minimum atomic E-state index is -0.368. The first-order valence-corrected chi connectivity index (χ1v) is 6.62. The molecule has 0 aliphatic carbocycles. The number of H-pyrrole nitrogens is 1. The molecule has 0 spiro atoms. The Balaban J connectivity index is 2.25. The third-order valence-electron chi connectivity index (χ3n) is 3.88. The molecule has 2 heterocycles. The molecular formula is C14H17N3O3. The second kappa shape index (κ2) is 4.79. The van der Waals surface area contributed by atoms with Crippen molar-refractivity contribution < 1.29 is 4.74 Å². The van der Waals surface area contributed by atoms with E-state index in [0.29, 0.717) is 16.7 Å². The maximum Gasteiger partial charge on any atom is 0.329 e. The monoisotopic (exact) mass is 275 g/mol. The predicted octanol–water partition coefficient (Wildman–Crippen LogP) is 0.575. The van der Waals surface area contributed by atoms with Crippen LogP contribution in [0.25, 0.3) is 10.9 Å². The number of hydrogen-bond acceptors (Lipinski definition) is 4. The van der Waals surface area contributed by atoms with E-state index in [0.717, 1.165) is 19.5 Å². The maximum absolute atomic E-state index is 12.6. The van der Waals surface area contributed by atoms with Gasteiger partial charge in [0.05, 0.1) is 24.1 Å². The van der Waals surface area contributed by atoms with Gasteiger partial charge in [0.15, 0.2) is 0 Å². The van der Waals surface area contributed by atoms with Gasteiger partial charge in [-0.15, -0.1) is 0 Å². The Kier molecular flexibility index (Phi) is 3.10. The highest BCUT2D eigenvalue weighted by atomic mass is 16.5. The van der Waals surface area contributed by atoms with Crippen LogP contribution in [0.4, 0.5) is 0 Å². The lowest BCUT2D eigenvalue weighted by atomic mass is 10.2. The zero-order chi connectivity index (χ0) is 14.3. The number of aromatic nitrogens is 2. The molecule has 1 aliphatic heterocycles. The standard InChI is InChI=1S/C14H17N3O3/c1-16-7-6-9(8-16)17-13(18)10-4-3-5-11(20-2)12(10)15-14(17)19/h3-5,9H,6-8H2,1-2H3,(H,15,19). The van der Waals surface area contributed by atoms with Crippen LogP contribution in [0.5, 0.6) is 5.75 Å². The number of para-hydroxylation sites is 1. The molecule has 1 aromatic heterocycles. The number of fused-ring (bicyclic) bond motifs is 1. The topological polar surface area (TPSA) is 67.3 Å². The summed E-state index contributed by atoms with van der Waals surface area (Å²) in [6.07, 6.45) is 0.814. The second-order valence-electron chi connectivity index (χ2n) is 5.19. The van der Waals surface area contributed by atoms with E-state index in [1.165, 1.54) is 11.7 Å². The maximum atomic E-state index is 12.6. The van der Waals surface area contributed by atoms with Gasteiger partial charge >= 0.3 is 5.69 Å². The molecule has 20 heavy (non-hydrogen) atoms. The van der Waals surface area contributed by atoms with Gasteiger partial charge in [0.2, 0.25) is 0 Å². The fourth-order valence-corrected chi connectivity index (χ4v) is 2.85. The molecular weight excluding hydrogens is 258 g/mol. The van der Waals surface area contributed by atoms with Crippen molar-refractivity contribution >= 4 is 10.9 Å². The molecule has 1 aromatic carbocycles. The highest BCUT2D eigenvalue weighted by Gasteiger charge is 2.24. The lowest BCUT2D eigenvalue weighted by Gasteiger charge is -2.14. The van der Waals surface area contributed by atoms with Gasteiger partial charge in [-0.2, -0.15) is 0 Å². The Morgan fingerprint density at radius 1 is 1.35 bits per heavy atom. The zero-order valence-corrected chi connectivity index (χ0v) is 11.5. The molecule has 3 rings (SSSR count).